The monoisotopic (exact) mass is 915 g/mol. The molecule has 0 amide bonds. The van der Waals surface area contributed by atoms with Crippen LogP contribution in [0.1, 0.15) is 322 Å². The second kappa shape index (κ2) is 52.5. The van der Waals surface area contributed by atoms with E-state index in [2.05, 4.69) is 18.4 Å². The third-order valence-electron chi connectivity index (χ3n) is 13.2. The van der Waals surface area contributed by atoms with Crippen molar-refractivity contribution < 1.29 is 33.1 Å². The number of rotatable bonds is 55. The number of ether oxygens (including phenoxy) is 2. The van der Waals surface area contributed by atoms with Gasteiger partial charge in [0.25, 0.3) is 0 Å². The van der Waals surface area contributed by atoms with Crippen molar-refractivity contribution in [2.75, 3.05) is 19.8 Å². The number of hydrogen-bond donors (Lipinski definition) is 2. The lowest BCUT2D eigenvalue weighted by molar-refractivity contribution is -0.154. The molecule has 1 atom stereocenters. The van der Waals surface area contributed by atoms with Gasteiger partial charge in [0.1, 0.15) is 6.10 Å². The summed E-state index contributed by atoms with van der Waals surface area (Å²) >= 11 is 0. The van der Waals surface area contributed by atoms with E-state index in [-0.39, 0.29) is 19.2 Å². The maximum atomic E-state index is 12.5. The largest absolute Gasteiger partial charge is 0.469 e. The van der Waals surface area contributed by atoms with Crippen LogP contribution in [0.2, 0.25) is 0 Å². The number of phosphoric ester groups is 1. The summed E-state index contributed by atoms with van der Waals surface area (Å²) in [5.74, 6) is -0.352. The second-order valence-corrected chi connectivity index (χ2v) is 20.9. The lowest BCUT2D eigenvalue weighted by atomic mass is 10.0. The number of esters is 1. The fourth-order valence-corrected chi connectivity index (χ4v) is 9.34. The molecule has 0 fully saturated rings. The fourth-order valence-electron chi connectivity index (χ4n) is 8.98. The van der Waals surface area contributed by atoms with Crippen LogP contribution in [0.15, 0.2) is 0 Å². The molecule has 7 nitrogen and oxygen atoms in total. The van der Waals surface area contributed by atoms with Crippen LogP contribution in [0.3, 0.4) is 0 Å². The Morgan fingerprint density at radius 1 is 0.365 bits per heavy atom. The fraction of sp³-hybridized carbons (Fsp3) is 0.982. The van der Waals surface area contributed by atoms with E-state index in [4.69, 9.17) is 19.3 Å². The highest BCUT2D eigenvalue weighted by Gasteiger charge is 2.21. The van der Waals surface area contributed by atoms with Crippen molar-refractivity contribution in [2.24, 2.45) is 0 Å². The lowest BCUT2D eigenvalue weighted by Crippen LogP contribution is -2.28. The first-order valence-corrected chi connectivity index (χ1v) is 29.9. The van der Waals surface area contributed by atoms with Crippen molar-refractivity contribution in [3.63, 3.8) is 0 Å². The Labute approximate surface area is 393 Å². The molecule has 378 valence electrons. The van der Waals surface area contributed by atoms with Crippen LogP contribution in [0.25, 0.3) is 0 Å². The van der Waals surface area contributed by atoms with Crippen molar-refractivity contribution in [2.45, 2.75) is 328 Å². The van der Waals surface area contributed by atoms with Crippen molar-refractivity contribution in [3.8, 4) is 0 Å². The molecule has 0 heterocycles. The zero-order valence-corrected chi connectivity index (χ0v) is 43.4. The normalized spacial score (nSPS) is 12.4. The lowest BCUT2D eigenvalue weighted by Gasteiger charge is -2.18. The first-order valence-electron chi connectivity index (χ1n) is 28.4. The van der Waals surface area contributed by atoms with Gasteiger partial charge < -0.3 is 19.3 Å². The average Bonchev–Trinajstić information content (AvgIpc) is 3.26. The zero-order valence-electron chi connectivity index (χ0n) is 42.5. The molecule has 0 saturated carbocycles. The van der Waals surface area contributed by atoms with Gasteiger partial charge in [-0.1, -0.05) is 303 Å². The van der Waals surface area contributed by atoms with Gasteiger partial charge in [-0.05, 0) is 12.8 Å². The highest BCUT2D eigenvalue weighted by molar-refractivity contribution is 7.46. The number of phosphoric acid groups is 1. The molecule has 0 aliphatic carbocycles. The van der Waals surface area contributed by atoms with Gasteiger partial charge in [0.05, 0.1) is 13.2 Å². The minimum absolute atomic E-state index is 0.0872. The third-order valence-corrected chi connectivity index (χ3v) is 13.6. The molecule has 0 aliphatic heterocycles. The quantitative estimate of drug-likeness (QED) is 0.0356. The molecule has 0 aromatic rings. The van der Waals surface area contributed by atoms with E-state index >= 15 is 0 Å². The van der Waals surface area contributed by atoms with E-state index in [1.807, 2.05) is 0 Å². The molecule has 0 rings (SSSR count). The predicted molar refractivity (Wildman–Crippen MR) is 272 cm³/mol. The van der Waals surface area contributed by atoms with Gasteiger partial charge in [-0.2, -0.15) is 0 Å². The molecule has 0 aromatic carbocycles. The Bertz CT molecular complexity index is 927. The highest BCUT2D eigenvalue weighted by Crippen LogP contribution is 2.36. The average molecular weight is 915 g/mol. The summed E-state index contributed by atoms with van der Waals surface area (Å²) in [6, 6.07) is 0. The van der Waals surface area contributed by atoms with Gasteiger partial charge in [0.15, 0.2) is 0 Å². The van der Waals surface area contributed by atoms with Gasteiger partial charge in [-0.3, -0.25) is 9.32 Å². The van der Waals surface area contributed by atoms with Gasteiger partial charge in [-0.15, -0.1) is 0 Å². The van der Waals surface area contributed by atoms with Gasteiger partial charge in [0.2, 0.25) is 0 Å². The van der Waals surface area contributed by atoms with E-state index in [9.17, 15) is 9.36 Å². The summed E-state index contributed by atoms with van der Waals surface area (Å²) in [7, 11) is -4.65. The Kier molecular flexibility index (Phi) is 52.1. The number of carbonyl (C=O) groups excluding carboxylic acids is 1. The highest BCUT2D eigenvalue weighted by atomic mass is 31.2. The molecule has 0 radical (unpaired) electrons. The molecule has 0 unspecified atom stereocenters. The molecular formula is C55H111O7P. The number of carbonyl (C=O) groups is 1. The summed E-state index contributed by atoms with van der Waals surface area (Å²) in [4.78, 5) is 30.8. The Morgan fingerprint density at radius 3 is 0.857 bits per heavy atom. The predicted octanol–water partition coefficient (Wildman–Crippen LogP) is 18.8. The smallest absolute Gasteiger partial charge is 0.457 e. The Balaban J connectivity index is 3.53. The molecule has 0 aliphatic rings. The van der Waals surface area contributed by atoms with E-state index in [1.165, 1.54) is 270 Å². The number of unbranched alkanes of at least 4 members (excludes halogenated alkanes) is 45. The summed E-state index contributed by atoms with van der Waals surface area (Å²) in [5.41, 5.74) is 0. The van der Waals surface area contributed by atoms with E-state index in [0.29, 0.717) is 13.0 Å². The SMILES string of the molecule is CCCCCCCCCCCCCCCCCCCCCCCCCCCCCCCCCCCC(=O)O[C@H](COCCCCCCCCCCCCCCCC)COP(=O)(O)O. The summed E-state index contributed by atoms with van der Waals surface area (Å²) in [5, 5.41) is 0. The summed E-state index contributed by atoms with van der Waals surface area (Å²) in [6.07, 6.45) is 63.0. The van der Waals surface area contributed by atoms with Crippen molar-refractivity contribution in [1.82, 2.24) is 0 Å². The summed E-state index contributed by atoms with van der Waals surface area (Å²) in [6.45, 7) is 4.83. The molecule has 0 spiro atoms. The zero-order chi connectivity index (χ0) is 45.8. The molecule has 2 N–H and O–H groups in total. The van der Waals surface area contributed by atoms with Crippen LogP contribution in [-0.2, 0) is 23.4 Å². The molecular weight excluding hydrogens is 804 g/mol. The van der Waals surface area contributed by atoms with Crippen LogP contribution in [0.5, 0.6) is 0 Å². The van der Waals surface area contributed by atoms with Gasteiger partial charge in [0, 0.05) is 13.0 Å². The molecule has 63 heavy (non-hydrogen) atoms. The van der Waals surface area contributed by atoms with Crippen LogP contribution in [0.4, 0.5) is 0 Å². The molecule has 8 heteroatoms. The van der Waals surface area contributed by atoms with Gasteiger partial charge in [-0.25, -0.2) is 4.57 Å². The topological polar surface area (TPSA) is 102 Å². The van der Waals surface area contributed by atoms with Gasteiger partial charge >= 0.3 is 13.8 Å². The van der Waals surface area contributed by atoms with Crippen LogP contribution in [-0.4, -0.2) is 41.7 Å². The second-order valence-electron chi connectivity index (χ2n) is 19.6. The molecule has 0 saturated heterocycles. The minimum atomic E-state index is -4.65. The first-order chi connectivity index (χ1) is 30.9. The molecule has 0 aromatic heterocycles. The third kappa shape index (κ3) is 55.8. The van der Waals surface area contributed by atoms with Crippen molar-refractivity contribution in [1.29, 1.82) is 0 Å². The van der Waals surface area contributed by atoms with Crippen LogP contribution in [0, 0.1) is 0 Å². The Hall–Kier alpha value is -0.460. The maximum absolute atomic E-state index is 12.5. The van der Waals surface area contributed by atoms with E-state index in [1.54, 1.807) is 0 Å². The number of hydrogen-bond acceptors (Lipinski definition) is 5. The van der Waals surface area contributed by atoms with Crippen molar-refractivity contribution >= 4 is 13.8 Å². The first kappa shape index (κ1) is 62.5. The molecule has 0 bridgehead atoms. The van der Waals surface area contributed by atoms with Crippen LogP contribution < -0.4 is 0 Å². The standard InChI is InChI=1S/C55H111O7P/c1-3-5-7-9-11-13-15-17-19-20-21-22-23-24-25-26-27-28-29-30-31-32-33-34-35-36-37-38-40-42-44-46-48-50-55(56)62-54(53-61-63(57,58)59)52-60-51-49-47-45-43-41-39-18-16-14-12-10-8-6-4-2/h54H,3-53H2,1-2H3,(H2,57,58,59)/t54-/m1/s1. The van der Waals surface area contributed by atoms with E-state index in [0.717, 1.165) is 32.1 Å². The van der Waals surface area contributed by atoms with E-state index < -0.39 is 13.9 Å². The minimum Gasteiger partial charge on any atom is -0.457 e. The summed E-state index contributed by atoms with van der Waals surface area (Å²) < 4.78 is 27.2. The Morgan fingerprint density at radius 2 is 0.603 bits per heavy atom. The van der Waals surface area contributed by atoms with Crippen molar-refractivity contribution in [3.05, 3.63) is 0 Å². The van der Waals surface area contributed by atoms with Crippen LogP contribution >= 0.6 is 7.82 Å². The maximum Gasteiger partial charge on any atom is 0.469 e.